The van der Waals surface area contributed by atoms with Gasteiger partial charge in [0, 0.05) is 51.3 Å². The molecule has 3 aromatic carbocycles. The van der Waals surface area contributed by atoms with Crippen LogP contribution in [-0.4, -0.2) is 74.9 Å². The third-order valence-electron chi connectivity index (χ3n) is 8.26. The number of hydrogen-bond donors (Lipinski definition) is 3. The summed E-state index contributed by atoms with van der Waals surface area (Å²) in [6.07, 6.45) is 0.591. The zero-order chi connectivity index (χ0) is 27.8. The van der Waals surface area contributed by atoms with Gasteiger partial charge >= 0.3 is 0 Å². The first kappa shape index (κ1) is 26.0. The molecule has 1 atom stereocenters. The second-order valence-electron chi connectivity index (χ2n) is 10.7. The summed E-state index contributed by atoms with van der Waals surface area (Å²) in [6, 6.07) is 19.7. The van der Waals surface area contributed by atoms with Crippen LogP contribution in [0.5, 0.6) is 11.5 Å². The third kappa shape index (κ3) is 5.05. The van der Waals surface area contributed by atoms with Crippen LogP contribution in [0.15, 0.2) is 66.7 Å². The quantitative estimate of drug-likeness (QED) is 0.412. The van der Waals surface area contributed by atoms with E-state index in [1.165, 1.54) is 0 Å². The van der Waals surface area contributed by atoms with E-state index in [2.05, 4.69) is 21.2 Å². The Morgan fingerprint density at radius 3 is 2.05 bits per heavy atom. The molecule has 2 saturated heterocycles. The molecule has 3 aliphatic heterocycles. The molecule has 3 aromatic rings. The molecule has 2 fully saturated rings. The number of carbonyl (C=O) groups is 3. The Morgan fingerprint density at radius 2 is 1.45 bits per heavy atom. The Hall–Kier alpha value is -4.21. The molecule has 6 rings (SSSR count). The van der Waals surface area contributed by atoms with E-state index in [0.717, 1.165) is 48.4 Å². The van der Waals surface area contributed by atoms with Crippen LogP contribution in [0.3, 0.4) is 0 Å². The largest absolute Gasteiger partial charge is 0.508 e. The summed E-state index contributed by atoms with van der Waals surface area (Å²) < 4.78 is 0. The smallest absolute Gasteiger partial charge is 0.255 e. The van der Waals surface area contributed by atoms with Gasteiger partial charge < -0.3 is 15.1 Å². The van der Waals surface area contributed by atoms with Crippen LogP contribution >= 0.6 is 0 Å². The Kier molecular flexibility index (Phi) is 7.00. The lowest BCUT2D eigenvalue weighted by molar-refractivity contribution is -0.136. The van der Waals surface area contributed by atoms with Crippen LogP contribution in [0, 0.1) is 0 Å². The second kappa shape index (κ2) is 10.7. The van der Waals surface area contributed by atoms with Crippen molar-refractivity contribution >= 4 is 17.7 Å². The van der Waals surface area contributed by atoms with E-state index in [1.807, 2.05) is 36.4 Å². The number of rotatable bonds is 6. The van der Waals surface area contributed by atoms with Crippen molar-refractivity contribution in [1.82, 2.24) is 20.0 Å². The minimum Gasteiger partial charge on any atom is -0.508 e. The van der Waals surface area contributed by atoms with Gasteiger partial charge in [-0.15, -0.1) is 0 Å². The summed E-state index contributed by atoms with van der Waals surface area (Å²) in [5.74, 6) is -0.386. The number of piperazine rings is 1. The van der Waals surface area contributed by atoms with Gasteiger partial charge in [0.05, 0.1) is 6.04 Å². The van der Waals surface area contributed by atoms with Crippen molar-refractivity contribution in [2.24, 2.45) is 0 Å². The van der Waals surface area contributed by atoms with Gasteiger partial charge in [0.2, 0.25) is 11.8 Å². The van der Waals surface area contributed by atoms with Gasteiger partial charge in [-0.05, 0) is 59.0 Å². The summed E-state index contributed by atoms with van der Waals surface area (Å²) in [6.45, 7) is 4.39. The molecule has 0 aliphatic carbocycles. The maximum Gasteiger partial charge on any atom is 0.255 e. The predicted molar refractivity (Wildman–Crippen MR) is 147 cm³/mol. The van der Waals surface area contributed by atoms with Crippen LogP contribution < -0.4 is 5.32 Å². The minimum absolute atomic E-state index is 0.0102. The maximum atomic E-state index is 13.2. The number of amides is 3. The molecular weight excluding hydrogens is 508 g/mol. The zero-order valence-corrected chi connectivity index (χ0v) is 22.1. The lowest BCUT2D eigenvalue weighted by Gasteiger charge is -2.40. The van der Waals surface area contributed by atoms with Gasteiger partial charge in [-0.3, -0.25) is 29.5 Å². The van der Waals surface area contributed by atoms with Crippen molar-refractivity contribution in [3.05, 3.63) is 94.5 Å². The van der Waals surface area contributed by atoms with Gasteiger partial charge in [0.1, 0.15) is 17.5 Å². The average molecular weight is 541 g/mol. The van der Waals surface area contributed by atoms with Crippen LogP contribution in [0.25, 0.3) is 0 Å². The number of phenolic OH excluding ortho intramolecular Hbond substituents is 2. The highest BCUT2D eigenvalue weighted by molar-refractivity contribution is 6.05. The predicted octanol–water partition coefficient (Wildman–Crippen LogP) is 2.77. The number of hydrogen-bond acceptors (Lipinski definition) is 7. The number of fused-ring (bicyclic) bond motifs is 1. The van der Waals surface area contributed by atoms with Gasteiger partial charge in [0.25, 0.3) is 5.91 Å². The van der Waals surface area contributed by atoms with E-state index in [0.29, 0.717) is 25.1 Å². The molecule has 3 amide bonds. The zero-order valence-electron chi connectivity index (χ0n) is 22.1. The van der Waals surface area contributed by atoms with Gasteiger partial charge in [-0.2, -0.15) is 0 Å². The van der Waals surface area contributed by atoms with E-state index in [-0.39, 0.29) is 35.8 Å². The summed E-state index contributed by atoms with van der Waals surface area (Å²) >= 11 is 0. The SMILES string of the molecule is O=C1CCC(N2Cc3c(CN4CCN(C(c5ccc(O)cc5)c5ccc(O)cc5)CC4)cccc3C2=O)C(=O)N1. The van der Waals surface area contributed by atoms with E-state index in [9.17, 15) is 24.6 Å². The Labute approximate surface area is 232 Å². The van der Waals surface area contributed by atoms with Crippen molar-refractivity contribution < 1.29 is 24.6 Å². The molecule has 9 nitrogen and oxygen atoms in total. The molecule has 0 radical (unpaired) electrons. The number of piperidine rings is 1. The molecule has 40 heavy (non-hydrogen) atoms. The highest BCUT2D eigenvalue weighted by Gasteiger charge is 2.40. The summed E-state index contributed by atoms with van der Waals surface area (Å²) in [7, 11) is 0. The summed E-state index contributed by atoms with van der Waals surface area (Å²) in [5.41, 5.74) is 4.84. The fourth-order valence-corrected chi connectivity index (χ4v) is 6.15. The van der Waals surface area contributed by atoms with Gasteiger partial charge in [-0.1, -0.05) is 36.4 Å². The number of phenols is 2. The minimum atomic E-state index is -0.620. The van der Waals surface area contributed by atoms with Crippen LogP contribution in [0.1, 0.15) is 51.5 Å². The standard InChI is InChI=1S/C31H32N4O5/c36-23-8-4-20(5-9-23)29(21-6-10-24(37)11-7-21)34-16-14-33(15-17-34)18-22-2-1-3-25-26(22)19-35(31(25)40)27-12-13-28(38)32-30(27)39/h1-11,27,29,36-37H,12-19H2,(H,32,38,39). The molecule has 206 valence electrons. The molecule has 9 heteroatoms. The highest BCUT2D eigenvalue weighted by atomic mass is 16.3. The first-order valence-electron chi connectivity index (χ1n) is 13.7. The second-order valence-corrected chi connectivity index (χ2v) is 10.7. The molecule has 0 aromatic heterocycles. The summed E-state index contributed by atoms with van der Waals surface area (Å²) in [4.78, 5) is 43.7. The first-order valence-corrected chi connectivity index (χ1v) is 13.7. The Balaban J connectivity index is 1.16. The molecule has 0 spiro atoms. The Bertz CT molecular complexity index is 1390. The topological polar surface area (TPSA) is 113 Å². The molecule has 0 bridgehead atoms. The number of aromatic hydroxyl groups is 2. The molecule has 3 heterocycles. The molecule has 0 saturated carbocycles. The van der Waals surface area contributed by atoms with E-state index in [4.69, 9.17) is 0 Å². The molecule has 3 N–H and O–H groups in total. The monoisotopic (exact) mass is 540 g/mol. The number of imide groups is 1. The lowest BCUT2D eigenvalue weighted by atomic mass is 9.96. The fraction of sp³-hybridized carbons (Fsp3) is 0.323. The van der Waals surface area contributed by atoms with Gasteiger partial charge in [-0.25, -0.2) is 0 Å². The average Bonchev–Trinajstić information content (AvgIpc) is 3.29. The first-order chi connectivity index (χ1) is 19.4. The van der Waals surface area contributed by atoms with Crippen molar-refractivity contribution in [3.8, 4) is 11.5 Å². The van der Waals surface area contributed by atoms with Crippen molar-refractivity contribution in [3.63, 3.8) is 0 Å². The van der Waals surface area contributed by atoms with E-state index < -0.39 is 11.9 Å². The van der Waals surface area contributed by atoms with Crippen molar-refractivity contribution in [2.75, 3.05) is 26.2 Å². The fourth-order valence-electron chi connectivity index (χ4n) is 6.15. The summed E-state index contributed by atoms with van der Waals surface area (Å²) in [5, 5.41) is 22.0. The van der Waals surface area contributed by atoms with E-state index in [1.54, 1.807) is 29.2 Å². The normalized spacial score (nSPS) is 20.2. The van der Waals surface area contributed by atoms with Crippen LogP contribution in [0.4, 0.5) is 0 Å². The van der Waals surface area contributed by atoms with Gasteiger partial charge in [0.15, 0.2) is 0 Å². The van der Waals surface area contributed by atoms with E-state index >= 15 is 0 Å². The third-order valence-corrected chi connectivity index (χ3v) is 8.26. The van der Waals surface area contributed by atoms with Crippen molar-refractivity contribution in [2.45, 2.75) is 38.0 Å². The molecule has 1 unspecified atom stereocenters. The highest BCUT2D eigenvalue weighted by Crippen LogP contribution is 2.33. The number of carbonyl (C=O) groups excluding carboxylic acids is 3. The molecular formula is C31H32N4O5. The molecule has 3 aliphatic rings. The Morgan fingerprint density at radius 1 is 0.825 bits per heavy atom. The maximum absolute atomic E-state index is 13.2. The van der Waals surface area contributed by atoms with Crippen LogP contribution in [-0.2, 0) is 22.7 Å². The lowest BCUT2D eigenvalue weighted by Crippen LogP contribution is -2.52. The number of nitrogens with zero attached hydrogens (tertiary/aromatic N) is 3. The van der Waals surface area contributed by atoms with Crippen molar-refractivity contribution in [1.29, 1.82) is 0 Å². The number of nitrogens with one attached hydrogen (secondary N) is 1. The van der Waals surface area contributed by atoms with Crippen LogP contribution in [0.2, 0.25) is 0 Å². The number of benzene rings is 3.